The monoisotopic (exact) mass is 544 g/mol. The summed E-state index contributed by atoms with van der Waals surface area (Å²) >= 11 is 1.76. The van der Waals surface area contributed by atoms with E-state index in [0.29, 0.717) is 25.6 Å². The highest BCUT2D eigenvalue weighted by Gasteiger charge is 2.23. The maximum Gasteiger partial charge on any atom is 0.244 e. The Morgan fingerprint density at radius 2 is 2.10 bits per heavy atom. The topological polar surface area (TPSA) is 56.7 Å². The number of rotatable bonds is 6. The van der Waals surface area contributed by atoms with Crippen LogP contribution in [0.25, 0.3) is 0 Å². The number of guanidine groups is 1. The van der Waals surface area contributed by atoms with Crippen molar-refractivity contribution in [1.82, 2.24) is 15.5 Å². The number of fused-ring (bicyclic) bond motifs is 1. The molecule has 5 nitrogen and oxygen atoms in total. The maximum absolute atomic E-state index is 13.6. The van der Waals surface area contributed by atoms with Gasteiger partial charge in [0.1, 0.15) is 12.4 Å². The molecular formula is C22H30FIN4OS. The lowest BCUT2D eigenvalue weighted by atomic mass is 9.84. The minimum atomic E-state index is -0.287. The van der Waals surface area contributed by atoms with Gasteiger partial charge in [0.2, 0.25) is 5.91 Å². The lowest BCUT2D eigenvalue weighted by Crippen LogP contribution is -2.44. The third-order valence-electron chi connectivity index (χ3n) is 5.18. The van der Waals surface area contributed by atoms with E-state index in [2.05, 4.69) is 40.9 Å². The highest BCUT2D eigenvalue weighted by Crippen LogP contribution is 2.24. The van der Waals surface area contributed by atoms with E-state index >= 15 is 0 Å². The summed E-state index contributed by atoms with van der Waals surface area (Å²) in [5.74, 6) is 0.388. The van der Waals surface area contributed by atoms with Crippen LogP contribution in [0.4, 0.5) is 4.39 Å². The zero-order valence-electron chi connectivity index (χ0n) is 17.7. The number of carbonyl (C=O) groups excluding carboxylic acids is 1. The molecule has 0 fully saturated rings. The van der Waals surface area contributed by atoms with E-state index in [1.54, 1.807) is 23.5 Å². The van der Waals surface area contributed by atoms with Crippen molar-refractivity contribution in [3.8, 4) is 0 Å². The zero-order chi connectivity index (χ0) is 20.9. The van der Waals surface area contributed by atoms with Crippen LogP contribution >= 0.6 is 35.3 Å². The number of amides is 1. The van der Waals surface area contributed by atoms with Crippen molar-refractivity contribution >= 4 is 47.2 Å². The van der Waals surface area contributed by atoms with Crippen molar-refractivity contribution in [2.45, 2.75) is 39.2 Å². The van der Waals surface area contributed by atoms with Gasteiger partial charge in [-0.05, 0) is 48.1 Å². The molecule has 0 saturated heterocycles. The molecule has 0 unspecified atom stereocenters. The van der Waals surface area contributed by atoms with E-state index in [1.165, 1.54) is 16.5 Å². The zero-order valence-corrected chi connectivity index (χ0v) is 20.9. The molecular weight excluding hydrogens is 514 g/mol. The Bertz CT molecular complexity index is 884. The Morgan fingerprint density at radius 3 is 2.83 bits per heavy atom. The minimum absolute atomic E-state index is 0. The SMILES string of the molecule is CCNC(=NCC(=O)N1CCc2sccc2C1)NCC(C)(C)c1cccc(F)c1.I. The van der Waals surface area contributed by atoms with Gasteiger partial charge in [-0.2, -0.15) is 0 Å². The standard InChI is InChI=1S/C22H29FN4OS.HI/c1-4-24-21(26-15-22(2,3)17-6-5-7-18(23)12-17)25-13-20(28)27-10-8-19-16(14-27)9-11-29-19;/h5-7,9,11-12H,4,8,10,13-15H2,1-3H3,(H2,24,25,26);1H. The molecule has 0 aliphatic carbocycles. The van der Waals surface area contributed by atoms with Gasteiger partial charge in [0.25, 0.3) is 0 Å². The van der Waals surface area contributed by atoms with Crippen molar-refractivity contribution in [2.24, 2.45) is 4.99 Å². The quantitative estimate of drug-likeness (QED) is 0.330. The van der Waals surface area contributed by atoms with Crippen molar-refractivity contribution in [2.75, 3.05) is 26.2 Å². The second kappa shape index (κ2) is 11.1. The summed E-state index contributed by atoms with van der Waals surface area (Å²) in [6, 6.07) is 8.76. The summed E-state index contributed by atoms with van der Waals surface area (Å²) in [4.78, 5) is 20.4. The number of thiophene rings is 1. The summed E-state index contributed by atoms with van der Waals surface area (Å²) in [6.45, 7) is 8.88. The van der Waals surface area contributed by atoms with E-state index in [4.69, 9.17) is 0 Å². The van der Waals surface area contributed by atoms with Gasteiger partial charge < -0.3 is 15.5 Å². The number of benzene rings is 1. The predicted octanol–water partition coefficient (Wildman–Crippen LogP) is 3.92. The van der Waals surface area contributed by atoms with Gasteiger partial charge >= 0.3 is 0 Å². The van der Waals surface area contributed by atoms with Gasteiger partial charge in [-0.15, -0.1) is 35.3 Å². The molecule has 164 valence electrons. The van der Waals surface area contributed by atoms with Gasteiger partial charge in [0.15, 0.2) is 5.96 Å². The fourth-order valence-corrected chi connectivity index (χ4v) is 4.26. The van der Waals surface area contributed by atoms with Crippen LogP contribution in [-0.2, 0) is 23.2 Å². The summed E-state index contributed by atoms with van der Waals surface area (Å²) in [7, 11) is 0. The number of aliphatic imine (C=N–C) groups is 1. The largest absolute Gasteiger partial charge is 0.357 e. The molecule has 1 aliphatic rings. The van der Waals surface area contributed by atoms with Crippen LogP contribution in [0.5, 0.6) is 0 Å². The number of hydrogen-bond acceptors (Lipinski definition) is 3. The number of carbonyl (C=O) groups is 1. The second-order valence-corrected chi connectivity index (χ2v) is 8.88. The van der Waals surface area contributed by atoms with Crippen LogP contribution in [0.1, 0.15) is 36.8 Å². The fourth-order valence-electron chi connectivity index (χ4n) is 3.37. The average Bonchev–Trinajstić information content (AvgIpc) is 3.17. The van der Waals surface area contributed by atoms with E-state index in [1.807, 2.05) is 17.9 Å². The maximum atomic E-state index is 13.6. The molecule has 2 N–H and O–H groups in total. The molecule has 1 aromatic heterocycles. The smallest absolute Gasteiger partial charge is 0.244 e. The van der Waals surface area contributed by atoms with E-state index in [-0.39, 0.29) is 47.7 Å². The first-order valence-electron chi connectivity index (χ1n) is 10.0. The summed E-state index contributed by atoms with van der Waals surface area (Å²) in [6.07, 6.45) is 0.919. The highest BCUT2D eigenvalue weighted by molar-refractivity contribution is 14.0. The highest BCUT2D eigenvalue weighted by atomic mass is 127. The molecule has 0 bridgehead atoms. The Labute approximate surface area is 199 Å². The van der Waals surface area contributed by atoms with Crippen LogP contribution in [-0.4, -0.2) is 42.9 Å². The molecule has 0 atom stereocenters. The molecule has 0 saturated carbocycles. The molecule has 30 heavy (non-hydrogen) atoms. The summed E-state index contributed by atoms with van der Waals surface area (Å²) < 4.78 is 13.6. The number of hydrogen-bond donors (Lipinski definition) is 2. The third kappa shape index (κ3) is 6.41. The Kier molecular flexibility index (Phi) is 9.09. The number of halogens is 2. The van der Waals surface area contributed by atoms with Gasteiger partial charge in [0.05, 0.1) is 0 Å². The van der Waals surface area contributed by atoms with Crippen LogP contribution in [0, 0.1) is 5.82 Å². The van der Waals surface area contributed by atoms with Crippen molar-refractivity contribution in [3.05, 3.63) is 57.5 Å². The first-order valence-corrected chi connectivity index (χ1v) is 10.9. The number of nitrogens with zero attached hydrogens (tertiary/aromatic N) is 2. The summed E-state index contributed by atoms with van der Waals surface area (Å²) in [5.41, 5.74) is 1.88. The lowest BCUT2D eigenvalue weighted by Gasteiger charge is -2.28. The molecule has 2 heterocycles. The van der Waals surface area contributed by atoms with Crippen LogP contribution in [0.2, 0.25) is 0 Å². The second-order valence-electron chi connectivity index (χ2n) is 7.88. The summed E-state index contributed by atoms with van der Waals surface area (Å²) in [5, 5.41) is 8.57. The normalized spacial score (nSPS) is 14.0. The molecule has 1 amide bonds. The van der Waals surface area contributed by atoms with Crippen molar-refractivity contribution < 1.29 is 9.18 Å². The van der Waals surface area contributed by atoms with Crippen molar-refractivity contribution in [1.29, 1.82) is 0 Å². The Morgan fingerprint density at radius 1 is 1.30 bits per heavy atom. The third-order valence-corrected chi connectivity index (χ3v) is 6.20. The number of nitrogens with one attached hydrogen (secondary N) is 2. The molecule has 3 rings (SSSR count). The van der Waals surface area contributed by atoms with Gasteiger partial charge in [-0.1, -0.05) is 26.0 Å². The first kappa shape index (κ1) is 24.6. The van der Waals surface area contributed by atoms with Gasteiger partial charge in [-0.3, -0.25) is 4.79 Å². The van der Waals surface area contributed by atoms with Crippen LogP contribution in [0.3, 0.4) is 0 Å². The van der Waals surface area contributed by atoms with Gasteiger partial charge in [0, 0.05) is 36.5 Å². The molecule has 2 aromatic rings. The molecule has 1 aromatic carbocycles. The predicted molar refractivity (Wildman–Crippen MR) is 132 cm³/mol. The van der Waals surface area contributed by atoms with E-state index in [9.17, 15) is 9.18 Å². The average molecular weight is 544 g/mol. The van der Waals surface area contributed by atoms with Crippen LogP contribution in [0.15, 0.2) is 40.7 Å². The molecule has 1 aliphatic heterocycles. The molecule has 0 radical (unpaired) electrons. The Balaban J connectivity index is 0.00000320. The molecule has 0 spiro atoms. The van der Waals surface area contributed by atoms with Crippen LogP contribution < -0.4 is 10.6 Å². The van der Waals surface area contributed by atoms with Gasteiger partial charge in [-0.25, -0.2) is 9.38 Å². The lowest BCUT2D eigenvalue weighted by molar-refractivity contribution is -0.130. The molecule has 8 heteroatoms. The van der Waals surface area contributed by atoms with E-state index < -0.39 is 0 Å². The fraction of sp³-hybridized carbons (Fsp3) is 0.455. The Hall–Kier alpha value is -1.68. The first-order chi connectivity index (χ1) is 13.9. The van der Waals surface area contributed by atoms with E-state index in [0.717, 1.165) is 18.5 Å². The van der Waals surface area contributed by atoms with Crippen molar-refractivity contribution in [3.63, 3.8) is 0 Å². The minimum Gasteiger partial charge on any atom is -0.357 e.